The molecule has 0 amide bonds. The largest absolute Gasteiger partial charge is 0.328 e. The van der Waals surface area contributed by atoms with E-state index in [2.05, 4.69) is 15.2 Å². The zero-order valence-electron chi connectivity index (χ0n) is 15.1. The minimum Gasteiger partial charge on any atom is -0.328 e. The topological polar surface area (TPSA) is 85.9 Å². The van der Waals surface area contributed by atoms with Crippen LogP contribution < -0.4 is 0 Å². The van der Waals surface area contributed by atoms with E-state index >= 15 is 0 Å². The summed E-state index contributed by atoms with van der Waals surface area (Å²) in [5.74, 6) is 3.26. The lowest BCUT2D eigenvalue weighted by Gasteiger charge is -2.30. The summed E-state index contributed by atoms with van der Waals surface area (Å²) in [4.78, 5) is 4.23. The predicted molar refractivity (Wildman–Crippen MR) is 94.7 cm³/mol. The van der Waals surface area contributed by atoms with Crippen molar-refractivity contribution in [3.8, 4) is 0 Å². The minimum absolute atomic E-state index is 0.232. The van der Waals surface area contributed by atoms with Crippen LogP contribution in [0.5, 0.6) is 0 Å². The van der Waals surface area contributed by atoms with Gasteiger partial charge in [-0.1, -0.05) is 6.92 Å². The summed E-state index contributed by atoms with van der Waals surface area (Å²) >= 11 is 0. The molecular weight excluding hydrogens is 340 g/mol. The van der Waals surface area contributed by atoms with E-state index in [0.29, 0.717) is 26.1 Å². The van der Waals surface area contributed by atoms with Crippen LogP contribution in [0.2, 0.25) is 0 Å². The zero-order chi connectivity index (χ0) is 18.0. The van der Waals surface area contributed by atoms with E-state index in [4.69, 9.17) is 0 Å². The molecule has 1 aliphatic heterocycles. The Hall–Kier alpha value is -1.74. The third-order valence-electron chi connectivity index (χ3n) is 4.91. The Morgan fingerprint density at radius 1 is 1.24 bits per heavy atom. The van der Waals surface area contributed by atoms with Gasteiger partial charge in [-0.3, -0.25) is 0 Å². The Labute approximate surface area is 148 Å². The molecule has 3 rings (SSSR count). The lowest BCUT2D eigenvalue weighted by atomic mass is 9.97. The van der Waals surface area contributed by atoms with Gasteiger partial charge in [0.1, 0.15) is 11.6 Å². The Morgan fingerprint density at radius 2 is 1.96 bits per heavy atom. The lowest BCUT2D eigenvalue weighted by Crippen LogP contribution is -2.39. The van der Waals surface area contributed by atoms with Crippen LogP contribution in [0.3, 0.4) is 0 Å². The fraction of sp³-hybridized carbons (Fsp3) is 0.688. The summed E-state index contributed by atoms with van der Waals surface area (Å²) in [5.41, 5.74) is 0. The van der Waals surface area contributed by atoms with Crippen molar-refractivity contribution in [2.24, 2.45) is 7.05 Å². The van der Waals surface area contributed by atoms with Gasteiger partial charge in [0, 0.05) is 38.4 Å². The van der Waals surface area contributed by atoms with Crippen molar-refractivity contribution in [2.45, 2.75) is 45.6 Å². The van der Waals surface area contributed by atoms with Crippen molar-refractivity contribution in [3.05, 3.63) is 29.9 Å². The first kappa shape index (κ1) is 18.1. The number of hydrogen-bond acceptors (Lipinski definition) is 5. The van der Waals surface area contributed by atoms with E-state index in [1.54, 1.807) is 10.5 Å². The number of aromatic nitrogens is 5. The summed E-state index contributed by atoms with van der Waals surface area (Å²) in [5, 5.41) is 8.72. The van der Waals surface area contributed by atoms with E-state index in [9.17, 15) is 8.42 Å². The van der Waals surface area contributed by atoms with Crippen molar-refractivity contribution in [3.63, 3.8) is 0 Å². The lowest BCUT2D eigenvalue weighted by molar-refractivity contribution is 0.310. The molecule has 25 heavy (non-hydrogen) atoms. The highest BCUT2D eigenvalue weighted by Crippen LogP contribution is 2.28. The molecule has 3 heterocycles. The Kier molecular flexibility index (Phi) is 5.24. The first-order valence-corrected chi connectivity index (χ1v) is 10.4. The van der Waals surface area contributed by atoms with E-state index < -0.39 is 10.0 Å². The van der Waals surface area contributed by atoms with Crippen LogP contribution in [-0.4, -0.2) is 55.9 Å². The second kappa shape index (κ2) is 7.25. The van der Waals surface area contributed by atoms with E-state index in [-0.39, 0.29) is 11.7 Å². The van der Waals surface area contributed by atoms with Gasteiger partial charge < -0.3 is 9.13 Å². The molecule has 0 unspecified atom stereocenters. The number of rotatable bonds is 6. The maximum Gasteiger partial charge on any atom is 0.214 e. The fourth-order valence-corrected chi connectivity index (χ4v) is 4.91. The van der Waals surface area contributed by atoms with Crippen LogP contribution in [0.15, 0.2) is 12.4 Å². The zero-order valence-corrected chi connectivity index (χ0v) is 15.9. The normalized spacial score (nSPS) is 17.2. The van der Waals surface area contributed by atoms with Crippen molar-refractivity contribution >= 4 is 10.0 Å². The third kappa shape index (κ3) is 3.77. The van der Waals surface area contributed by atoms with Crippen LogP contribution in [0.25, 0.3) is 0 Å². The van der Waals surface area contributed by atoms with Gasteiger partial charge in [0.05, 0.1) is 12.3 Å². The average Bonchev–Trinajstić information content (AvgIpc) is 3.15. The Bertz CT molecular complexity index is 818. The Morgan fingerprint density at radius 3 is 2.56 bits per heavy atom. The smallest absolute Gasteiger partial charge is 0.214 e. The first-order chi connectivity index (χ1) is 11.9. The number of nitrogens with zero attached hydrogens (tertiary/aromatic N) is 6. The van der Waals surface area contributed by atoms with Crippen LogP contribution in [0, 0.1) is 6.92 Å². The molecule has 2 aromatic rings. The first-order valence-electron chi connectivity index (χ1n) is 8.76. The molecule has 8 nitrogen and oxygen atoms in total. The summed E-state index contributed by atoms with van der Waals surface area (Å²) in [6.07, 6.45) is 5.94. The van der Waals surface area contributed by atoms with Crippen LogP contribution in [0.4, 0.5) is 0 Å². The summed E-state index contributed by atoms with van der Waals surface area (Å²) < 4.78 is 30.1. The van der Waals surface area contributed by atoms with Crippen LogP contribution in [-0.2, 0) is 23.6 Å². The van der Waals surface area contributed by atoms with Crippen molar-refractivity contribution < 1.29 is 8.42 Å². The summed E-state index contributed by atoms with van der Waals surface area (Å²) in [7, 11) is -1.12. The quantitative estimate of drug-likeness (QED) is 0.769. The molecule has 9 heteroatoms. The Balaban J connectivity index is 1.67. The second-order valence-electron chi connectivity index (χ2n) is 6.63. The van der Waals surface area contributed by atoms with Crippen LogP contribution in [0.1, 0.15) is 49.6 Å². The fourth-order valence-electron chi connectivity index (χ4n) is 3.37. The van der Waals surface area contributed by atoms with E-state index in [1.807, 2.05) is 36.2 Å². The maximum absolute atomic E-state index is 12.2. The maximum atomic E-state index is 12.2. The molecule has 0 aliphatic carbocycles. The molecule has 0 radical (unpaired) electrons. The molecule has 0 saturated carbocycles. The molecule has 0 spiro atoms. The highest BCUT2D eigenvalue weighted by atomic mass is 32.2. The van der Waals surface area contributed by atoms with Crippen molar-refractivity contribution in [1.29, 1.82) is 0 Å². The van der Waals surface area contributed by atoms with Gasteiger partial charge in [0.15, 0.2) is 5.82 Å². The predicted octanol–water partition coefficient (Wildman–Crippen LogP) is 1.29. The third-order valence-corrected chi connectivity index (χ3v) is 6.98. The summed E-state index contributed by atoms with van der Waals surface area (Å²) in [6, 6.07) is 0. The molecule has 0 atom stereocenters. The summed E-state index contributed by atoms with van der Waals surface area (Å²) in [6.45, 7) is 5.63. The van der Waals surface area contributed by atoms with Gasteiger partial charge in [0.2, 0.25) is 10.0 Å². The van der Waals surface area contributed by atoms with Crippen molar-refractivity contribution in [1.82, 2.24) is 28.6 Å². The highest BCUT2D eigenvalue weighted by molar-refractivity contribution is 7.89. The molecule has 1 saturated heterocycles. The number of imidazole rings is 1. The molecule has 0 aromatic carbocycles. The van der Waals surface area contributed by atoms with Gasteiger partial charge in [0.25, 0.3) is 0 Å². The minimum atomic E-state index is -3.10. The van der Waals surface area contributed by atoms with Gasteiger partial charge in [-0.15, -0.1) is 10.2 Å². The molecule has 0 N–H and O–H groups in total. The average molecular weight is 366 g/mol. The standard InChI is InChI=1S/C16H26N6O2S/c1-4-11-25(23,24)22-8-5-14(6-9-22)16-19-18-15(20(16)3)12-21-10-7-17-13(21)2/h7,10,14H,4-6,8-9,11-12H2,1-3H3. The molecule has 138 valence electrons. The highest BCUT2D eigenvalue weighted by Gasteiger charge is 2.30. The molecule has 2 aromatic heterocycles. The van der Waals surface area contributed by atoms with Gasteiger partial charge >= 0.3 is 0 Å². The second-order valence-corrected chi connectivity index (χ2v) is 8.71. The van der Waals surface area contributed by atoms with E-state index in [1.165, 1.54) is 0 Å². The van der Waals surface area contributed by atoms with Crippen LogP contribution >= 0.6 is 0 Å². The molecule has 1 aliphatic rings. The van der Waals surface area contributed by atoms with E-state index in [0.717, 1.165) is 30.3 Å². The van der Waals surface area contributed by atoms with Gasteiger partial charge in [-0.2, -0.15) is 0 Å². The number of sulfonamides is 1. The number of piperidine rings is 1. The van der Waals surface area contributed by atoms with Gasteiger partial charge in [-0.25, -0.2) is 17.7 Å². The molecule has 0 bridgehead atoms. The number of aryl methyl sites for hydroxylation is 1. The number of hydrogen-bond donors (Lipinski definition) is 0. The molecule has 1 fully saturated rings. The van der Waals surface area contributed by atoms with Crippen molar-refractivity contribution in [2.75, 3.05) is 18.8 Å². The molecular formula is C16H26N6O2S. The SMILES string of the molecule is CCCS(=O)(=O)N1CCC(c2nnc(Cn3ccnc3C)n2C)CC1. The monoisotopic (exact) mass is 366 g/mol. The van der Waals surface area contributed by atoms with Gasteiger partial charge in [-0.05, 0) is 26.2 Å².